The van der Waals surface area contributed by atoms with Crippen LogP contribution in [0.2, 0.25) is 0 Å². The van der Waals surface area contributed by atoms with Gasteiger partial charge in [0, 0.05) is 12.1 Å². The van der Waals surface area contributed by atoms with Crippen molar-refractivity contribution >= 4 is 5.91 Å². The van der Waals surface area contributed by atoms with E-state index >= 15 is 0 Å². The summed E-state index contributed by atoms with van der Waals surface area (Å²) < 4.78 is 0. The van der Waals surface area contributed by atoms with Crippen LogP contribution < -0.4 is 5.32 Å². The van der Waals surface area contributed by atoms with E-state index in [1.54, 1.807) is 0 Å². The molecule has 0 bridgehead atoms. The van der Waals surface area contributed by atoms with Crippen molar-refractivity contribution in [2.75, 3.05) is 6.54 Å². The van der Waals surface area contributed by atoms with Gasteiger partial charge in [-0.25, -0.2) is 0 Å². The van der Waals surface area contributed by atoms with E-state index in [0.29, 0.717) is 18.0 Å². The number of hydrogen-bond acceptors (Lipinski definition) is 2. The molecule has 3 unspecified atom stereocenters. The van der Waals surface area contributed by atoms with Gasteiger partial charge >= 0.3 is 0 Å². The number of carbonyl (C=O) groups excluding carboxylic acids is 1. The Labute approximate surface area is 98.6 Å². The fourth-order valence-corrected chi connectivity index (χ4v) is 3.20. The molecule has 0 aliphatic carbocycles. The van der Waals surface area contributed by atoms with Crippen LogP contribution in [-0.2, 0) is 4.79 Å². The molecule has 2 saturated heterocycles. The molecule has 3 nitrogen and oxygen atoms in total. The molecule has 0 aromatic rings. The number of nitrogens with zero attached hydrogens (tertiary/aromatic N) is 1. The summed E-state index contributed by atoms with van der Waals surface area (Å²) in [4.78, 5) is 14.8. The lowest BCUT2D eigenvalue weighted by Crippen LogP contribution is -2.55. The highest BCUT2D eigenvalue weighted by atomic mass is 16.2. The Balaban J connectivity index is 2.13. The van der Waals surface area contributed by atoms with Crippen molar-refractivity contribution in [2.45, 2.75) is 70.5 Å². The molecule has 0 spiro atoms. The first-order valence-corrected chi connectivity index (χ1v) is 6.66. The van der Waals surface area contributed by atoms with E-state index in [9.17, 15) is 4.79 Å². The lowest BCUT2D eigenvalue weighted by Gasteiger charge is -2.35. The van der Waals surface area contributed by atoms with Crippen LogP contribution in [0.4, 0.5) is 0 Å². The normalized spacial score (nSPS) is 39.3. The molecular formula is C13H24N2O. The van der Waals surface area contributed by atoms with E-state index in [0.717, 1.165) is 25.8 Å². The Morgan fingerprint density at radius 1 is 1.50 bits per heavy atom. The van der Waals surface area contributed by atoms with Crippen LogP contribution in [0.5, 0.6) is 0 Å². The second kappa shape index (κ2) is 4.36. The molecule has 2 fully saturated rings. The number of likely N-dealkylation sites (tertiary alicyclic amines) is 1. The minimum Gasteiger partial charge on any atom is -0.335 e. The third kappa shape index (κ3) is 1.86. The number of hydrogen-bond donors (Lipinski definition) is 1. The first-order chi connectivity index (χ1) is 7.58. The third-order valence-corrected chi connectivity index (χ3v) is 4.33. The van der Waals surface area contributed by atoms with Crippen molar-refractivity contribution < 1.29 is 4.79 Å². The minimum absolute atomic E-state index is 0.286. The molecule has 16 heavy (non-hydrogen) atoms. The van der Waals surface area contributed by atoms with Gasteiger partial charge in [-0.05, 0) is 52.5 Å². The van der Waals surface area contributed by atoms with E-state index < -0.39 is 0 Å². The first kappa shape index (κ1) is 11.9. The van der Waals surface area contributed by atoms with Crippen LogP contribution in [0.15, 0.2) is 0 Å². The number of nitrogens with one attached hydrogen (secondary N) is 1. The highest BCUT2D eigenvalue weighted by Gasteiger charge is 2.44. The molecule has 3 atom stereocenters. The lowest BCUT2D eigenvalue weighted by atomic mass is 9.97. The van der Waals surface area contributed by atoms with Crippen molar-refractivity contribution in [1.82, 2.24) is 10.2 Å². The van der Waals surface area contributed by atoms with E-state index in [4.69, 9.17) is 0 Å². The predicted octanol–water partition coefficient (Wildman–Crippen LogP) is 1.92. The van der Waals surface area contributed by atoms with Gasteiger partial charge in [0.25, 0.3) is 0 Å². The van der Waals surface area contributed by atoms with E-state index in [1.165, 1.54) is 12.8 Å². The molecule has 1 amide bonds. The summed E-state index contributed by atoms with van der Waals surface area (Å²) in [6, 6.07) is 0.901. The van der Waals surface area contributed by atoms with Gasteiger partial charge in [-0.15, -0.1) is 0 Å². The van der Waals surface area contributed by atoms with E-state index in [1.807, 2.05) is 0 Å². The van der Waals surface area contributed by atoms with Gasteiger partial charge in [-0.2, -0.15) is 0 Å². The average Bonchev–Trinajstić information content (AvgIpc) is 2.85. The molecular weight excluding hydrogens is 200 g/mol. The Morgan fingerprint density at radius 2 is 2.25 bits per heavy atom. The van der Waals surface area contributed by atoms with Crippen LogP contribution >= 0.6 is 0 Å². The van der Waals surface area contributed by atoms with Crippen LogP contribution in [0.3, 0.4) is 0 Å². The SMILES string of the molecule is CCC1CCC(C)N1C(=O)C1(C)CCCN1. The van der Waals surface area contributed by atoms with Gasteiger partial charge in [-0.3, -0.25) is 4.79 Å². The quantitative estimate of drug-likeness (QED) is 0.777. The minimum atomic E-state index is -0.286. The molecule has 2 aliphatic rings. The third-order valence-electron chi connectivity index (χ3n) is 4.33. The standard InChI is InChI=1S/C13H24N2O/c1-4-11-7-6-10(2)15(11)12(16)13(3)8-5-9-14-13/h10-11,14H,4-9H2,1-3H3. The zero-order chi connectivity index (χ0) is 11.8. The van der Waals surface area contributed by atoms with Crippen LogP contribution in [0.25, 0.3) is 0 Å². The van der Waals surface area contributed by atoms with Crippen LogP contribution in [0.1, 0.15) is 52.9 Å². The second-order valence-electron chi connectivity index (χ2n) is 5.56. The molecule has 3 heteroatoms. The molecule has 92 valence electrons. The predicted molar refractivity (Wildman–Crippen MR) is 65.3 cm³/mol. The Kier molecular flexibility index (Phi) is 3.24. The summed E-state index contributed by atoms with van der Waals surface area (Å²) in [6.07, 6.45) is 5.55. The molecule has 0 aromatic heterocycles. The fourth-order valence-electron chi connectivity index (χ4n) is 3.20. The summed E-state index contributed by atoms with van der Waals surface area (Å²) in [5, 5.41) is 3.38. The molecule has 0 saturated carbocycles. The summed E-state index contributed by atoms with van der Waals surface area (Å²) in [5.41, 5.74) is -0.286. The smallest absolute Gasteiger partial charge is 0.243 e. The van der Waals surface area contributed by atoms with Crippen LogP contribution in [-0.4, -0.2) is 35.0 Å². The zero-order valence-corrected chi connectivity index (χ0v) is 10.8. The van der Waals surface area contributed by atoms with Gasteiger partial charge in [0.1, 0.15) is 0 Å². The summed E-state index contributed by atoms with van der Waals surface area (Å²) in [7, 11) is 0. The topological polar surface area (TPSA) is 32.3 Å². The average molecular weight is 224 g/mol. The number of carbonyl (C=O) groups is 1. The molecule has 1 N–H and O–H groups in total. The van der Waals surface area contributed by atoms with E-state index in [2.05, 4.69) is 31.0 Å². The van der Waals surface area contributed by atoms with Crippen molar-refractivity contribution in [2.24, 2.45) is 0 Å². The Morgan fingerprint density at radius 3 is 2.81 bits per heavy atom. The van der Waals surface area contributed by atoms with Gasteiger partial charge in [-0.1, -0.05) is 6.92 Å². The molecule has 2 heterocycles. The highest BCUT2D eigenvalue weighted by Crippen LogP contribution is 2.31. The van der Waals surface area contributed by atoms with Crippen molar-refractivity contribution in [1.29, 1.82) is 0 Å². The van der Waals surface area contributed by atoms with Crippen LogP contribution in [0, 0.1) is 0 Å². The fraction of sp³-hybridized carbons (Fsp3) is 0.923. The molecule has 2 aliphatic heterocycles. The monoisotopic (exact) mass is 224 g/mol. The summed E-state index contributed by atoms with van der Waals surface area (Å²) >= 11 is 0. The molecule has 0 radical (unpaired) electrons. The van der Waals surface area contributed by atoms with Gasteiger partial charge in [0.05, 0.1) is 5.54 Å². The summed E-state index contributed by atoms with van der Waals surface area (Å²) in [6.45, 7) is 7.43. The van der Waals surface area contributed by atoms with Crippen molar-refractivity contribution in [3.63, 3.8) is 0 Å². The Hall–Kier alpha value is -0.570. The highest BCUT2D eigenvalue weighted by molar-refractivity contribution is 5.87. The number of amides is 1. The largest absolute Gasteiger partial charge is 0.335 e. The van der Waals surface area contributed by atoms with Gasteiger partial charge in [0.15, 0.2) is 0 Å². The molecule has 2 rings (SSSR count). The van der Waals surface area contributed by atoms with Crippen molar-refractivity contribution in [3.8, 4) is 0 Å². The van der Waals surface area contributed by atoms with Gasteiger partial charge in [0.2, 0.25) is 5.91 Å². The maximum Gasteiger partial charge on any atom is 0.243 e. The zero-order valence-electron chi connectivity index (χ0n) is 10.8. The maximum atomic E-state index is 12.6. The maximum absolute atomic E-state index is 12.6. The van der Waals surface area contributed by atoms with Gasteiger partial charge < -0.3 is 10.2 Å². The summed E-state index contributed by atoms with van der Waals surface area (Å²) in [5.74, 6) is 0.335. The molecule has 0 aromatic carbocycles. The lowest BCUT2D eigenvalue weighted by molar-refractivity contribution is -0.140. The second-order valence-corrected chi connectivity index (χ2v) is 5.56. The number of rotatable bonds is 2. The Bertz CT molecular complexity index is 271. The van der Waals surface area contributed by atoms with E-state index in [-0.39, 0.29) is 5.54 Å². The van der Waals surface area contributed by atoms with Crippen molar-refractivity contribution in [3.05, 3.63) is 0 Å². The first-order valence-electron chi connectivity index (χ1n) is 6.66.